The molecule has 0 aromatic heterocycles. The Hall–Kier alpha value is -5.58. The van der Waals surface area contributed by atoms with E-state index < -0.39 is 23.8 Å². The number of amides is 4. The second-order valence-electron chi connectivity index (χ2n) is 9.45. The number of carbonyl (C=O) groups excluding carboxylic acids is 3. The molecule has 44 heavy (non-hydrogen) atoms. The van der Waals surface area contributed by atoms with Crippen molar-refractivity contribution in [1.82, 2.24) is 5.32 Å². The van der Waals surface area contributed by atoms with Crippen LogP contribution in [0, 0.1) is 0 Å². The molecule has 1 saturated heterocycles. The van der Waals surface area contributed by atoms with Crippen LogP contribution in [-0.2, 0) is 22.6 Å². The SMILES string of the molecule is C=CCc1cc(/C=C2\C(=O)NC(=O)N(c3cc(OCC)ccc3OCC)C2=O)cc(OC)c1OCc1ccc(C(=O)O)cc1. The van der Waals surface area contributed by atoms with Crippen LogP contribution in [0.3, 0.4) is 0 Å². The van der Waals surface area contributed by atoms with Gasteiger partial charge in [0.15, 0.2) is 11.5 Å². The molecule has 0 saturated carbocycles. The summed E-state index contributed by atoms with van der Waals surface area (Å²) in [4.78, 5) is 51.6. The molecule has 4 rings (SSSR count). The van der Waals surface area contributed by atoms with Gasteiger partial charge in [0.1, 0.15) is 23.7 Å². The second kappa shape index (κ2) is 14.1. The lowest BCUT2D eigenvalue weighted by atomic mass is 10.0. The van der Waals surface area contributed by atoms with Crippen molar-refractivity contribution in [2.75, 3.05) is 25.2 Å². The Labute approximate surface area is 254 Å². The predicted molar refractivity (Wildman–Crippen MR) is 162 cm³/mol. The van der Waals surface area contributed by atoms with Crippen molar-refractivity contribution in [2.24, 2.45) is 0 Å². The molecule has 0 radical (unpaired) electrons. The summed E-state index contributed by atoms with van der Waals surface area (Å²) in [6.45, 7) is 8.15. The molecule has 1 aliphatic rings. The van der Waals surface area contributed by atoms with Crippen LogP contribution in [0.1, 0.15) is 40.9 Å². The maximum absolute atomic E-state index is 13.7. The number of urea groups is 1. The fourth-order valence-electron chi connectivity index (χ4n) is 4.54. The van der Waals surface area contributed by atoms with Crippen molar-refractivity contribution in [3.63, 3.8) is 0 Å². The van der Waals surface area contributed by atoms with Crippen LogP contribution in [0.25, 0.3) is 6.08 Å². The minimum atomic E-state index is -1.02. The maximum Gasteiger partial charge on any atom is 0.336 e. The third kappa shape index (κ3) is 6.89. The summed E-state index contributed by atoms with van der Waals surface area (Å²) in [5, 5.41) is 11.4. The van der Waals surface area contributed by atoms with E-state index in [1.165, 1.54) is 31.4 Å². The van der Waals surface area contributed by atoms with Crippen molar-refractivity contribution in [1.29, 1.82) is 0 Å². The van der Waals surface area contributed by atoms with Crippen molar-refractivity contribution < 1.29 is 43.2 Å². The highest BCUT2D eigenvalue weighted by atomic mass is 16.5. The number of methoxy groups -OCH3 is 1. The normalized spacial score (nSPS) is 13.8. The number of allylic oxidation sites excluding steroid dienone is 1. The molecule has 0 atom stereocenters. The molecular weight excluding hydrogens is 568 g/mol. The van der Waals surface area contributed by atoms with Crippen molar-refractivity contribution in [3.8, 4) is 23.0 Å². The number of hydrogen-bond donors (Lipinski definition) is 2. The molecule has 0 unspecified atom stereocenters. The van der Waals surface area contributed by atoms with E-state index in [1.54, 1.807) is 56.3 Å². The quantitative estimate of drug-likeness (QED) is 0.155. The van der Waals surface area contributed by atoms with Gasteiger partial charge < -0.3 is 24.1 Å². The first-order valence-corrected chi connectivity index (χ1v) is 13.8. The third-order valence-electron chi connectivity index (χ3n) is 6.52. The van der Waals surface area contributed by atoms with Gasteiger partial charge in [-0.1, -0.05) is 18.2 Å². The number of hydrogen-bond acceptors (Lipinski definition) is 8. The number of carboxylic acid groups (broad SMARTS) is 1. The highest BCUT2D eigenvalue weighted by Crippen LogP contribution is 2.37. The second-order valence-corrected chi connectivity index (χ2v) is 9.45. The lowest BCUT2D eigenvalue weighted by Crippen LogP contribution is -2.54. The van der Waals surface area contributed by atoms with E-state index in [2.05, 4.69) is 11.9 Å². The van der Waals surface area contributed by atoms with E-state index in [0.717, 1.165) is 10.5 Å². The van der Waals surface area contributed by atoms with Crippen LogP contribution in [-0.4, -0.2) is 49.2 Å². The Kier molecular flexibility index (Phi) is 10.0. The number of aromatic carboxylic acids is 1. The van der Waals surface area contributed by atoms with E-state index >= 15 is 0 Å². The first-order chi connectivity index (χ1) is 21.2. The van der Waals surface area contributed by atoms with Crippen LogP contribution < -0.4 is 29.2 Å². The lowest BCUT2D eigenvalue weighted by molar-refractivity contribution is -0.122. The summed E-state index contributed by atoms with van der Waals surface area (Å²) < 4.78 is 22.9. The van der Waals surface area contributed by atoms with Crippen LogP contribution >= 0.6 is 0 Å². The topological polar surface area (TPSA) is 141 Å². The van der Waals surface area contributed by atoms with Crippen molar-refractivity contribution in [2.45, 2.75) is 26.9 Å². The van der Waals surface area contributed by atoms with Gasteiger partial charge in [-0.05, 0) is 73.9 Å². The molecule has 11 heteroatoms. The number of imide groups is 2. The van der Waals surface area contributed by atoms with E-state index in [-0.39, 0.29) is 35.8 Å². The Morgan fingerprint density at radius 2 is 1.68 bits per heavy atom. The van der Waals surface area contributed by atoms with Crippen molar-refractivity contribution >= 4 is 35.6 Å². The number of rotatable bonds is 13. The largest absolute Gasteiger partial charge is 0.494 e. The van der Waals surface area contributed by atoms with Crippen LogP contribution in [0.5, 0.6) is 23.0 Å². The van der Waals surface area contributed by atoms with E-state index in [9.17, 15) is 19.2 Å². The lowest BCUT2D eigenvalue weighted by Gasteiger charge is -2.28. The first-order valence-electron chi connectivity index (χ1n) is 13.8. The Morgan fingerprint density at radius 1 is 0.955 bits per heavy atom. The number of barbiturate groups is 1. The number of carboxylic acids is 1. The van der Waals surface area contributed by atoms with Gasteiger partial charge in [0.2, 0.25) is 0 Å². The van der Waals surface area contributed by atoms with Gasteiger partial charge in [0, 0.05) is 11.6 Å². The summed E-state index contributed by atoms with van der Waals surface area (Å²) in [5.74, 6) is -1.29. The van der Waals surface area contributed by atoms with E-state index in [0.29, 0.717) is 41.4 Å². The molecule has 0 aliphatic carbocycles. The van der Waals surface area contributed by atoms with Gasteiger partial charge in [-0.15, -0.1) is 6.58 Å². The minimum Gasteiger partial charge on any atom is -0.494 e. The molecule has 0 bridgehead atoms. The molecule has 4 amide bonds. The smallest absolute Gasteiger partial charge is 0.336 e. The molecule has 1 heterocycles. The average Bonchev–Trinajstić information content (AvgIpc) is 3.00. The first kappa shape index (κ1) is 31.4. The molecule has 228 valence electrons. The number of nitrogens with zero attached hydrogens (tertiary/aromatic N) is 1. The number of nitrogens with one attached hydrogen (secondary N) is 1. The zero-order valence-corrected chi connectivity index (χ0v) is 24.5. The third-order valence-corrected chi connectivity index (χ3v) is 6.52. The zero-order valence-electron chi connectivity index (χ0n) is 24.5. The molecule has 2 N–H and O–H groups in total. The van der Waals surface area contributed by atoms with Gasteiger partial charge in [-0.2, -0.15) is 0 Å². The van der Waals surface area contributed by atoms with Gasteiger partial charge >= 0.3 is 12.0 Å². The summed E-state index contributed by atoms with van der Waals surface area (Å²) in [5.41, 5.74) is 1.85. The van der Waals surface area contributed by atoms with Crippen LogP contribution in [0.4, 0.5) is 10.5 Å². The number of anilines is 1. The molecule has 0 spiro atoms. The van der Waals surface area contributed by atoms with Gasteiger partial charge in [-0.3, -0.25) is 14.9 Å². The number of ether oxygens (including phenoxy) is 4. The summed E-state index contributed by atoms with van der Waals surface area (Å²) in [6.07, 6.45) is 3.40. The van der Waals surface area contributed by atoms with Crippen molar-refractivity contribution in [3.05, 3.63) is 95.1 Å². The minimum absolute atomic E-state index is 0.127. The predicted octanol–water partition coefficient (Wildman–Crippen LogP) is 5.16. The van der Waals surface area contributed by atoms with E-state index in [4.69, 9.17) is 24.1 Å². The fourth-order valence-corrected chi connectivity index (χ4v) is 4.54. The number of benzene rings is 3. The molecule has 3 aromatic rings. The maximum atomic E-state index is 13.7. The van der Waals surface area contributed by atoms with Crippen LogP contribution in [0.2, 0.25) is 0 Å². The molecule has 11 nitrogen and oxygen atoms in total. The Bertz CT molecular complexity index is 1630. The van der Waals surface area contributed by atoms with Gasteiger partial charge in [0.05, 0.1) is 31.6 Å². The highest BCUT2D eigenvalue weighted by molar-refractivity contribution is 6.39. The summed E-state index contributed by atoms with van der Waals surface area (Å²) in [7, 11) is 1.46. The molecule has 3 aromatic carbocycles. The zero-order chi connectivity index (χ0) is 31.8. The van der Waals surface area contributed by atoms with Gasteiger partial charge in [-0.25, -0.2) is 14.5 Å². The monoisotopic (exact) mass is 600 g/mol. The van der Waals surface area contributed by atoms with Gasteiger partial charge in [0.25, 0.3) is 11.8 Å². The molecule has 1 aliphatic heterocycles. The Morgan fingerprint density at radius 3 is 2.32 bits per heavy atom. The summed E-state index contributed by atoms with van der Waals surface area (Å²) in [6, 6.07) is 13.5. The molecule has 1 fully saturated rings. The number of carbonyl (C=O) groups is 4. The average molecular weight is 601 g/mol. The Balaban J connectivity index is 1.70. The standard InChI is InChI=1S/C33H32N2O9/c1-5-8-23-15-21(17-28(41-4)29(23)44-19-20-9-11-22(12-10-20)32(38)39)16-25-30(36)34-33(40)35(31(25)37)26-18-24(42-6-2)13-14-27(26)43-7-3/h5,9-18H,1,6-8,19H2,2-4H3,(H,38,39)(H,34,36,40)/b25-16+. The fraction of sp³-hybridized carbons (Fsp3) is 0.212. The molecular formula is C33H32N2O9. The highest BCUT2D eigenvalue weighted by Gasteiger charge is 2.38. The summed E-state index contributed by atoms with van der Waals surface area (Å²) >= 11 is 0. The van der Waals surface area contributed by atoms with E-state index in [1.807, 2.05) is 0 Å². The van der Waals surface area contributed by atoms with Crippen LogP contribution in [0.15, 0.2) is 72.8 Å².